The van der Waals surface area contributed by atoms with Crippen LogP contribution in [0.2, 0.25) is 0 Å². The predicted molar refractivity (Wildman–Crippen MR) is 123 cm³/mol. The molecule has 0 unspecified atom stereocenters. The Hall–Kier alpha value is -3.80. The molecule has 0 fully saturated rings. The van der Waals surface area contributed by atoms with Gasteiger partial charge in [-0.25, -0.2) is 8.78 Å². The number of allylic oxidation sites excluding steroid dienone is 2. The molecule has 2 N–H and O–H groups in total. The second-order valence-electron chi connectivity index (χ2n) is 7.37. The number of nitrogens with zero attached hydrogens (tertiary/aromatic N) is 1. The Morgan fingerprint density at radius 1 is 1.09 bits per heavy atom. The van der Waals surface area contributed by atoms with Gasteiger partial charge in [-0.1, -0.05) is 24.8 Å². The van der Waals surface area contributed by atoms with Crippen molar-refractivity contribution in [1.82, 2.24) is 15.6 Å². The van der Waals surface area contributed by atoms with Crippen molar-refractivity contribution in [1.29, 1.82) is 0 Å². The topological polar surface area (TPSA) is 54.0 Å². The fourth-order valence-corrected chi connectivity index (χ4v) is 3.47. The lowest BCUT2D eigenvalue weighted by molar-refractivity contribution is 0.0950. The first-order valence-corrected chi connectivity index (χ1v) is 10.2. The van der Waals surface area contributed by atoms with Crippen LogP contribution in [0.15, 0.2) is 73.6 Å². The summed E-state index contributed by atoms with van der Waals surface area (Å²) in [6.07, 6.45) is 5.95. The minimum atomic E-state index is -0.673. The van der Waals surface area contributed by atoms with E-state index in [4.69, 9.17) is 0 Å². The molecule has 1 aromatic heterocycles. The van der Waals surface area contributed by atoms with Gasteiger partial charge in [0, 0.05) is 43.2 Å². The number of halogens is 2. The molecular weight excluding hydrogens is 408 g/mol. The van der Waals surface area contributed by atoms with Crippen molar-refractivity contribution in [2.24, 2.45) is 0 Å². The lowest BCUT2D eigenvalue weighted by Crippen LogP contribution is -2.24. The SMILES string of the molecule is C=C/C(=C\NC)c1cc(Cc2cccc(C(=O)NCc3cc(F)cc(F)c3)c2C)ccn1. The van der Waals surface area contributed by atoms with Crippen LogP contribution in [0.4, 0.5) is 8.78 Å². The van der Waals surface area contributed by atoms with Gasteiger partial charge in [-0.05, 0) is 65.9 Å². The van der Waals surface area contributed by atoms with Crippen molar-refractivity contribution < 1.29 is 13.6 Å². The van der Waals surface area contributed by atoms with Gasteiger partial charge in [0.05, 0.1) is 5.69 Å². The van der Waals surface area contributed by atoms with Crippen molar-refractivity contribution in [2.45, 2.75) is 19.9 Å². The Kier molecular flexibility index (Phi) is 7.49. The molecule has 3 aromatic rings. The lowest BCUT2D eigenvalue weighted by atomic mass is 9.96. The maximum atomic E-state index is 13.4. The summed E-state index contributed by atoms with van der Waals surface area (Å²) in [6, 6.07) is 12.7. The summed E-state index contributed by atoms with van der Waals surface area (Å²) in [6.45, 7) is 5.76. The zero-order valence-electron chi connectivity index (χ0n) is 18.1. The van der Waals surface area contributed by atoms with E-state index < -0.39 is 11.6 Å². The molecule has 0 radical (unpaired) electrons. The Balaban J connectivity index is 1.77. The molecule has 0 saturated carbocycles. The number of aromatic nitrogens is 1. The highest BCUT2D eigenvalue weighted by Gasteiger charge is 2.13. The minimum Gasteiger partial charge on any atom is -0.393 e. The maximum Gasteiger partial charge on any atom is 0.251 e. The quantitative estimate of drug-likeness (QED) is 0.495. The van der Waals surface area contributed by atoms with Crippen LogP contribution in [-0.2, 0) is 13.0 Å². The molecular formula is C26H25F2N3O. The Bertz CT molecular complexity index is 1150. The molecule has 0 aliphatic carbocycles. The zero-order valence-corrected chi connectivity index (χ0v) is 18.1. The summed E-state index contributed by atoms with van der Waals surface area (Å²) >= 11 is 0. The largest absolute Gasteiger partial charge is 0.393 e. The summed E-state index contributed by atoms with van der Waals surface area (Å²) in [5.41, 5.74) is 5.48. The molecule has 1 heterocycles. The molecule has 4 nitrogen and oxygen atoms in total. The smallest absolute Gasteiger partial charge is 0.251 e. The molecule has 32 heavy (non-hydrogen) atoms. The molecule has 0 saturated heterocycles. The van der Waals surface area contributed by atoms with Gasteiger partial charge < -0.3 is 10.6 Å². The molecule has 0 spiro atoms. The van der Waals surface area contributed by atoms with E-state index >= 15 is 0 Å². The third-order valence-electron chi connectivity index (χ3n) is 5.10. The van der Waals surface area contributed by atoms with E-state index in [2.05, 4.69) is 22.2 Å². The average molecular weight is 434 g/mol. The maximum absolute atomic E-state index is 13.4. The van der Waals surface area contributed by atoms with Crippen LogP contribution >= 0.6 is 0 Å². The van der Waals surface area contributed by atoms with E-state index in [9.17, 15) is 13.6 Å². The lowest BCUT2D eigenvalue weighted by Gasteiger charge is -2.13. The van der Waals surface area contributed by atoms with Gasteiger partial charge in [0.2, 0.25) is 0 Å². The summed E-state index contributed by atoms with van der Waals surface area (Å²) in [5, 5.41) is 5.73. The summed E-state index contributed by atoms with van der Waals surface area (Å²) in [5.74, 6) is -1.64. The van der Waals surface area contributed by atoms with Gasteiger partial charge in [0.1, 0.15) is 11.6 Å². The number of amides is 1. The average Bonchev–Trinajstić information content (AvgIpc) is 2.77. The highest BCUT2D eigenvalue weighted by atomic mass is 19.1. The van der Waals surface area contributed by atoms with Crippen molar-refractivity contribution >= 4 is 11.5 Å². The van der Waals surface area contributed by atoms with Gasteiger partial charge >= 0.3 is 0 Å². The minimum absolute atomic E-state index is 0.0347. The number of hydrogen-bond donors (Lipinski definition) is 2. The van der Waals surface area contributed by atoms with Crippen LogP contribution in [0.5, 0.6) is 0 Å². The van der Waals surface area contributed by atoms with Crippen LogP contribution in [0, 0.1) is 18.6 Å². The monoisotopic (exact) mass is 433 g/mol. The normalized spacial score (nSPS) is 11.2. The Labute approximate surface area is 186 Å². The van der Waals surface area contributed by atoms with Gasteiger partial charge in [0.25, 0.3) is 5.91 Å². The van der Waals surface area contributed by atoms with Crippen LogP contribution in [0.1, 0.15) is 38.3 Å². The van der Waals surface area contributed by atoms with E-state index in [1.807, 2.05) is 44.4 Å². The number of nitrogens with one attached hydrogen (secondary N) is 2. The third kappa shape index (κ3) is 5.66. The molecule has 3 rings (SSSR count). The molecule has 164 valence electrons. The van der Waals surface area contributed by atoms with E-state index in [-0.39, 0.29) is 12.5 Å². The van der Waals surface area contributed by atoms with E-state index in [1.54, 1.807) is 18.3 Å². The highest BCUT2D eigenvalue weighted by molar-refractivity contribution is 5.95. The number of hydrogen-bond acceptors (Lipinski definition) is 3. The predicted octanol–water partition coefficient (Wildman–Crippen LogP) is 4.94. The first kappa shape index (κ1) is 22.9. The Morgan fingerprint density at radius 3 is 2.53 bits per heavy atom. The molecule has 1 amide bonds. The van der Waals surface area contributed by atoms with Gasteiger partial charge in [-0.3, -0.25) is 9.78 Å². The zero-order chi connectivity index (χ0) is 23.1. The molecule has 0 atom stereocenters. The van der Waals surface area contributed by atoms with E-state index in [1.165, 1.54) is 12.1 Å². The second-order valence-corrected chi connectivity index (χ2v) is 7.37. The number of rotatable bonds is 8. The first-order chi connectivity index (χ1) is 15.4. The summed E-state index contributed by atoms with van der Waals surface area (Å²) in [4.78, 5) is 17.1. The van der Waals surface area contributed by atoms with Crippen LogP contribution in [0.3, 0.4) is 0 Å². The number of carbonyl (C=O) groups excluding carboxylic acids is 1. The van der Waals surface area contributed by atoms with Gasteiger partial charge in [-0.2, -0.15) is 0 Å². The summed E-state index contributed by atoms with van der Waals surface area (Å²) < 4.78 is 26.7. The van der Waals surface area contributed by atoms with Crippen molar-refractivity contribution in [2.75, 3.05) is 7.05 Å². The van der Waals surface area contributed by atoms with Gasteiger partial charge in [0.15, 0.2) is 0 Å². The summed E-state index contributed by atoms with van der Waals surface area (Å²) in [7, 11) is 1.82. The Morgan fingerprint density at radius 2 is 1.84 bits per heavy atom. The number of pyridine rings is 1. The van der Waals surface area contributed by atoms with Crippen LogP contribution in [0.25, 0.3) is 5.57 Å². The number of carbonyl (C=O) groups is 1. The van der Waals surface area contributed by atoms with E-state index in [0.29, 0.717) is 17.5 Å². The van der Waals surface area contributed by atoms with Crippen LogP contribution < -0.4 is 10.6 Å². The molecule has 0 aliphatic heterocycles. The van der Waals surface area contributed by atoms with Gasteiger partial charge in [-0.15, -0.1) is 0 Å². The first-order valence-electron chi connectivity index (χ1n) is 10.2. The van der Waals surface area contributed by atoms with Crippen LogP contribution in [-0.4, -0.2) is 17.9 Å². The second kappa shape index (κ2) is 10.5. The molecule has 6 heteroatoms. The third-order valence-corrected chi connectivity index (χ3v) is 5.10. The van der Waals surface area contributed by atoms with E-state index in [0.717, 1.165) is 34.0 Å². The molecule has 0 aliphatic rings. The van der Waals surface area contributed by atoms with Crippen molar-refractivity contribution in [3.8, 4) is 0 Å². The fourth-order valence-electron chi connectivity index (χ4n) is 3.47. The highest BCUT2D eigenvalue weighted by Crippen LogP contribution is 2.20. The fraction of sp³-hybridized carbons (Fsp3) is 0.154. The van der Waals surface area contributed by atoms with Crippen molar-refractivity contribution in [3.05, 3.63) is 119 Å². The molecule has 2 aromatic carbocycles. The standard InChI is InChI=1S/C26H25F2N3O/c1-4-20(16-29-3)25-13-18(8-9-30-25)10-21-6-5-7-24(17(21)2)26(32)31-15-19-11-22(27)14-23(28)12-19/h4-9,11-14,16,29H,1,10,15H2,2-3H3,(H,31,32)/b20-16+. The number of benzene rings is 2. The van der Waals surface area contributed by atoms with Crippen molar-refractivity contribution in [3.63, 3.8) is 0 Å². The molecule has 0 bridgehead atoms.